The molecule has 0 saturated carbocycles. The van der Waals surface area contributed by atoms with Gasteiger partial charge < -0.3 is 23.7 Å². The van der Waals surface area contributed by atoms with Gasteiger partial charge in [-0.3, -0.25) is 0 Å². The second kappa shape index (κ2) is 17.7. The summed E-state index contributed by atoms with van der Waals surface area (Å²) in [7, 11) is 0. The third kappa shape index (κ3) is 11.0. The molecule has 0 radical (unpaired) electrons. The van der Waals surface area contributed by atoms with Gasteiger partial charge in [-0.1, -0.05) is 64.3 Å². The third-order valence-electron chi connectivity index (χ3n) is 7.91. The van der Waals surface area contributed by atoms with Crippen molar-refractivity contribution in [3.63, 3.8) is 0 Å². The van der Waals surface area contributed by atoms with Gasteiger partial charge in [-0.15, -0.1) is 0 Å². The highest BCUT2D eigenvalue weighted by Crippen LogP contribution is 2.27. The van der Waals surface area contributed by atoms with Gasteiger partial charge in [0.15, 0.2) is 0 Å². The number of rotatable bonds is 19. The van der Waals surface area contributed by atoms with E-state index in [1.807, 2.05) is 36.4 Å². The van der Waals surface area contributed by atoms with Crippen molar-refractivity contribution in [2.45, 2.75) is 78.2 Å². The summed E-state index contributed by atoms with van der Waals surface area (Å²) < 4.78 is 28.2. The van der Waals surface area contributed by atoms with Crippen LogP contribution in [0.1, 0.15) is 92.9 Å². The average Bonchev–Trinajstić information content (AvgIpc) is 3.04. The number of benzene rings is 3. The van der Waals surface area contributed by atoms with Crippen molar-refractivity contribution >= 4 is 11.9 Å². The minimum atomic E-state index is -0.461. The summed E-state index contributed by atoms with van der Waals surface area (Å²) in [4.78, 5) is 25.3. The summed E-state index contributed by atoms with van der Waals surface area (Å²) in [6, 6.07) is 21.8. The van der Waals surface area contributed by atoms with E-state index in [-0.39, 0.29) is 17.5 Å². The fourth-order valence-corrected chi connectivity index (χ4v) is 5.20. The van der Waals surface area contributed by atoms with Crippen LogP contribution in [0.25, 0.3) is 11.1 Å². The van der Waals surface area contributed by atoms with Crippen molar-refractivity contribution in [1.29, 1.82) is 0 Å². The van der Waals surface area contributed by atoms with Crippen molar-refractivity contribution < 1.29 is 33.3 Å². The Morgan fingerprint density at radius 3 is 1.82 bits per heavy atom. The van der Waals surface area contributed by atoms with Crippen LogP contribution in [0, 0.1) is 5.41 Å². The monoisotopic (exact) mass is 616 g/mol. The Hall–Kier alpha value is -3.68. The molecule has 0 unspecified atom stereocenters. The molecular formula is C38H48O7. The van der Waals surface area contributed by atoms with Gasteiger partial charge in [-0.05, 0) is 91.8 Å². The molecule has 4 rings (SSSR count). The zero-order valence-electron chi connectivity index (χ0n) is 27.1. The molecule has 1 fully saturated rings. The first-order valence-electron chi connectivity index (χ1n) is 16.4. The number of carbonyl (C=O) groups excluding carboxylic acids is 2. The van der Waals surface area contributed by atoms with Gasteiger partial charge in [0, 0.05) is 12.0 Å². The molecular weight excluding hydrogens is 568 g/mol. The molecule has 7 nitrogen and oxygen atoms in total. The molecule has 1 saturated heterocycles. The first-order chi connectivity index (χ1) is 21.9. The zero-order chi connectivity index (χ0) is 31.9. The van der Waals surface area contributed by atoms with Gasteiger partial charge in [-0.25, -0.2) is 9.59 Å². The third-order valence-corrected chi connectivity index (χ3v) is 7.91. The van der Waals surface area contributed by atoms with E-state index >= 15 is 0 Å². The SMILES string of the molecule is CCCC(CCC)OC(=O)c1ccc(OC(=O)c2ccc(-c3ccc(OCCCCCCOCC4(C)COC4)cc3)cc2)cc1. The van der Waals surface area contributed by atoms with Gasteiger partial charge in [0.05, 0.1) is 37.6 Å². The van der Waals surface area contributed by atoms with Crippen molar-refractivity contribution in [2.75, 3.05) is 33.0 Å². The topological polar surface area (TPSA) is 80.3 Å². The van der Waals surface area contributed by atoms with Crippen LogP contribution in [0.5, 0.6) is 11.5 Å². The number of unbranched alkanes of at least 4 members (excludes halogenated alkanes) is 3. The quantitative estimate of drug-likeness (QED) is 0.0757. The molecule has 0 bridgehead atoms. The van der Waals surface area contributed by atoms with E-state index in [2.05, 4.69) is 20.8 Å². The van der Waals surface area contributed by atoms with Crippen LogP contribution < -0.4 is 9.47 Å². The van der Waals surface area contributed by atoms with Crippen LogP contribution in [0.15, 0.2) is 72.8 Å². The van der Waals surface area contributed by atoms with Crippen molar-refractivity contribution in [1.82, 2.24) is 0 Å². The van der Waals surface area contributed by atoms with E-state index in [1.54, 1.807) is 36.4 Å². The highest BCUT2D eigenvalue weighted by Gasteiger charge is 2.33. The summed E-state index contributed by atoms with van der Waals surface area (Å²) >= 11 is 0. The van der Waals surface area contributed by atoms with Crippen LogP contribution in [-0.4, -0.2) is 51.1 Å². The van der Waals surface area contributed by atoms with Crippen molar-refractivity contribution in [3.05, 3.63) is 83.9 Å². The first-order valence-corrected chi connectivity index (χ1v) is 16.4. The Morgan fingerprint density at radius 2 is 1.24 bits per heavy atom. The summed E-state index contributed by atoms with van der Waals surface area (Å²) in [5, 5.41) is 0. The number of hydrogen-bond donors (Lipinski definition) is 0. The average molecular weight is 617 g/mol. The maximum absolute atomic E-state index is 12.7. The van der Waals surface area contributed by atoms with Crippen LogP contribution in [-0.2, 0) is 14.2 Å². The summed E-state index contributed by atoms with van der Waals surface area (Å²) in [6.07, 6.45) is 7.90. The molecule has 0 atom stereocenters. The smallest absolute Gasteiger partial charge is 0.343 e. The fraction of sp³-hybridized carbons (Fsp3) is 0.474. The van der Waals surface area contributed by atoms with Gasteiger partial charge in [0.1, 0.15) is 17.6 Å². The van der Waals surface area contributed by atoms with Crippen LogP contribution >= 0.6 is 0 Å². The van der Waals surface area contributed by atoms with Gasteiger partial charge in [-0.2, -0.15) is 0 Å². The Labute approximate surface area is 268 Å². The molecule has 0 aliphatic carbocycles. The lowest BCUT2D eigenvalue weighted by Crippen LogP contribution is -2.43. The Balaban J connectivity index is 1.15. The molecule has 1 aliphatic heterocycles. The summed E-state index contributed by atoms with van der Waals surface area (Å²) in [5.41, 5.74) is 3.13. The minimum absolute atomic E-state index is 0.0718. The predicted octanol–water partition coefficient (Wildman–Crippen LogP) is 8.69. The molecule has 242 valence electrons. The van der Waals surface area contributed by atoms with E-state index in [0.29, 0.717) is 23.5 Å². The maximum atomic E-state index is 12.7. The molecule has 0 N–H and O–H groups in total. The zero-order valence-corrected chi connectivity index (χ0v) is 27.1. The maximum Gasteiger partial charge on any atom is 0.343 e. The molecule has 0 aromatic heterocycles. The Kier molecular flexibility index (Phi) is 13.5. The normalized spacial score (nSPS) is 13.7. The molecule has 1 aliphatic rings. The van der Waals surface area contributed by atoms with E-state index in [9.17, 15) is 9.59 Å². The lowest BCUT2D eigenvalue weighted by atomic mass is 9.90. The Bertz CT molecular complexity index is 1310. The molecule has 0 spiro atoms. The lowest BCUT2D eigenvalue weighted by Gasteiger charge is -2.37. The molecule has 7 heteroatoms. The number of hydrogen-bond acceptors (Lipinski definition) is 7. The largest absolute Gasteiger partial charge is 0.494 e. The fourth-order valence-electron chi connectivity index (χ4n) is 5.20. The number of carbonyl (C=O) groups is 2. The second-order valence-electron chi connectivity index (χ2n) is 12.2. The minimum Gasteiger partial charge on any atom is -0.494 e. The van der Waals surface area contributed by atoms with Crippen molar-refractivity contribution in [2.24, 2.45) is 5.41 Å². The van der Waals surface area contributed by atoms with Crippen LogP contribution in [0.2, 0.25) is 0 Å². The highest BCUT2D eigenvalue weighted by atomic mass is 16.5. The summed E-state index contributed by atoms with van der Waals surface area (Å²) in [5.74, 6) is 0.401. The molecule has 0 amide bonds. The van der Waals surface area contributed by atoms with E-state index < -0.39 is 5.97 Å². The van der Waals surface area contributed by atoms with Crippen molar-refractivity contribution in [3.8, 4) is 22.6 Å². The van der Waals surface area contributed by atoms with E-state index in [0.717, 1.165) is 94.7 Å². The van der Waals surface area contributed by atoms with Gasteiger partial charge in [0.25, 0.3) is 0 Å². The van der Waals surface area contributed by atoms with E-state index in [1.165, 1.54) is 0 Å². The Morgan fingerprint density at radius 1 is 0.711 bits per heavy atom. The summed E-state index contributed by atoms with van der Waals surface area (Å²) in [6.45, 7) is 10.3. The first kappa shape index (κ1) is 34.2. The standard InChI is InChI=1S/C38H48O7/c1-4-10-34(11-5-2)44-37(40)32-18-22-35(23-19-32)45-36(39)31-14-12-29(13-15-31)30-16-20-33(21-17-30)43-25-9-7-6-8-24-41-26-38(3)27-42-28-38/h12-23,34H,4-11,24-28H2,1-3H3. The number of esters is 2. The second-order valence-corrected chi connectivity index (χ2v) is 12.2. The van der Waals surface area contributed by atoms with Crippen LogP contribution in [0.4, 0.5) is 0 Å². The van der Waals surface area contributed by atoms with Crippen LogP contribution in [0.3, 0.4) is 0 Å². The lowest BCUT2D eigenvalue weighted by molar-refractivity contribution is -0.137. The van der Waals surface area contributed by atoms with E-state index in [4.69, 9.17) is 23.7 Å². The molecule has 1 heterocycles. The molecule has 3 aromatic carbocycles. The van der Waals surface area contributed by atoms with Gasteiger partial charge >= 0.3 is 11.9 Å². The number of ether oxygens (including phenoxy) is 5. The van der Waals surface area contributed by atoms with Gasteiger partial charge in [0.2, 0.25) is 0 Å². The molecule has 3 aromatic rings. The predicted molar refractivity (Wildman–Crippen MR) is 176 cm³/mol. The highest BCUT2D eigenvalue weighted by molar-refractivity contribution is 5.92. The molecule has 45 heavy (non-hydrogen) atoms.